The Hall–Kier alpha value is -1.71. The molecule has 136 valence electrons. The van der Waals surface area contributed by atoms with Crippen LogP contribution in [0.3, 0.4) is 0 Å². The van der Waals surface area contributed by atoms with E-state index in [1.165, 1.54) is 29.2 Å². The number of amides is 1. The first kappa shape index (κ1) is 19.6. The predicted octanol–water partition coefficient (Wildman–Crippen LogP) is 3.55. The van der Waals surface area contributed by atoms with Crippen molar-refractivity contribution >= 4 is 39.8 Å². The van der Waals surface area contributed by atoms with Crippen molar-refractivity contribution in [2.45, 2.75) is 24.6 Å². The number of carbonyl (C=O) groups excluding carboxylic acids is 1. The predicted molar refractivity (Wildman–Crippen MR) is 100.0 cm³/mol. The van der Waals surface area contributed by atoms with Gasteiger partial charge in [0.05, 0.1) is 11.4 Å². The first-order chi connectivity index (χ1) is 12.1. The smallest absolute Gasteiger partial charge is 0.234 e. The first-order valence-corrected chi connectivity index (χ1v) is 9.72. The molecule has 0 aliphatic carbocycles. The van der Waals surface area contributed by atoms with Crippen molar-refractivity contribution in [3.05, 3.63) is 29.6 Å². The molecule has 1 amide bonds. The number of hydrogen-bond donors (Lipinski definition) is 2. The van der Waals surface area contributed by atoms with E-state index in [4.69, 9.17) is 4.74 Å². The van der Waals surface area contributed by atoms with Crippen LogP contribution in [0.2, 0.25) is 0 Å². The molecule has 0 bridgehead atoms. The third-order valence-electron chi connectivity index (χ3n) is 3.08. The minimum Gasteiger partial charge on any atom is -0.382 e. The lowest BCUT2D eigenvalue weighted by molar-refractivity contribution is -0.113. The van der Waals surface area contributed by atoms with Gasteiger partial charge in [-0.25, -0.2) is 4.39 Å². The molecule has 0 saturated carbocycles. The second-order valence-electron chi connectivity index (χ2n) is 5.17. The molecule has 0 fully saturated rings. The molecule has 0 aliphatic heterocycles. The molecule has 1 heterocycles. The Kier molecular flexibility index (Phi) is 8.10. The Balaban J connectivity index is 1.72. The van der Waals surface area contributed by atoms with Crippen LogP contribution in [0.4, 0.5) is 15.2 Å². The monoisotopic (exact) mass is 384 g/mol. The maximum absolute atomic E-state index is 13.7. The highest BCUT2D eigenvalue weighted by Crippen LogP contribution is 2.25. The van der Waals surface area contributed by atoms with Crippen molar-refractivity contribution in [1.29, 1.82) is 0 Å². The Morgan fingerprint density at radius 3 is 3.00 bits per heavy atom. The SMILES string of the molecule is CCOCCCNc1nnc(SCC(=O)Nc2ccc(C)cc2F)s1. The Morgan fingerprint density at radius 2 is 2.24 bits per heavy atom. The zero-order valence-electron chi connectivity index (χ0n) is 14.2. The van der Waals surface area contributed by atoms with E-state index in [-0.39, 0.29) is 17.3 Å². The number of rotatable bonds is 10. The van der Waals surface area contributed by atoms with Crippen LogP contribution in [0.1, 0.15) is 18.9 Å². The molecule has 0 unspecified atom stereocenters. The van der Waals surface area contributed by atoms with Gasteiger partial charge in [0.25, 0.3) is 0 Å². The minimum absolute atomic E-state index is 0.145. The van der Waals surface area contributed by atoms with Gasteiger partial charge in [-0.3, -0.25) is 4.79 Å². The number of anilines is 2. The van der Waals surface area contributed by atoms with Gasteiger partial charge in [0, 0.05) is 19.8 Å². The van der Waals surface area contributed by atoms with Gasteiger partial charge in [0.15, 0.2) is 4.34 Å². The average Bonchev–Trinajstić information content (AvgIpc) is 3.03. The lowest BCUT2D eigenvalue weighted by Gasteiger charge is -2.06. The summed E-state index contributed by atoms with van der Waals surface area (Å²) in [6.07, 6.45) is 0.889. The Labute approximate surface area is 154 Å². The molecule has 6 nitrogen and oxygen atoms in total. The number of aromatic nitrogens is 2. The highest BCUT2D eigenvalue weighted by atomic mass is 32.2. The number of nitrogens with one attached hydrogen (secondary N) is 2. The standard InChI is InChI=1S/C16H21FN4O2S2/c1-3-23-8-4-7-18-15-20-21-16(25-15)24-10-14(22)19-13-6-5-11(2)9-12(13)17/h5-6,9H,3-4,7-8,10H2,1-2H3,(H,18,20)(H,19,22). The molecule has 2 rings (SSSR count). The van der Waals surface area contributed by atoms with Crippen LogP contribution in [-0.4, -0.2) is 41.6 Å². The summed E-state index contributed by atoms with van der Waals surface area (Å²) in [5.41, 5.74) is 0.991. The molecular weight excluding hydrogens is 363 g/mol. The van der Waals surface area contributed by atoms with Crippen molar-refractivity contribution in [3.8, 4) is 0 Å². The maximum Gasteiger partial charge on any atom is 0.234 e. The molecule has 2 aromatic rings. The fourth-order valence-corrected chi connectivity index (χ4v) is 3.47. The molecule has 25 heavy (non-hydrogen) atoms. The third-order valence-corrected chi connectivity index (χ3v) is 5.09. The van der Waals surface area contributed by atoms with Gasteiger partial charge in [-0.05, 0) is 38.0 Å². The van der Waals surface area contributed by atoms with Gasteiger partial charge in [-0.15, -0.1) is 10.2 Å². The number of hydrogen-bond acceptors (Lipinski definition) is 7. The third kappa shape index (κ3) is 6.97. The molecule has 2 N–H and O–H groups in total. The summed E-state index contributed by atoms with van der Waals surface area (Å²) in [4.78, 5) is 11.9. The van der Waals surface area contributed by atoms with E-state index in [0.717, 1.165) is 18.5 Å². The first-order valence-electron chi connectivity index (χ1n) is 7.92. The molecule has 0 saturated heterocycles. The van der Waals surface area contributed by atoms with E-state index in [9.17, 15) is 9.18 Å². The number of aryl methyl sites for hydroxylation is 1. The van der Waals surface area contributed by atoms with Crippen LogP contribution >= 0.6 is 23.1 Å². The van der Waals surface area contributed by atoms with Crippen molar-refractivity contribution in [2.75, 3.05) is 36.1 Å². The summed E-state index contributed by atoms with van der Waals surface area (Å²) in [5, 5.41) is 14.5. The minimum atomic E-state index is -0.437. The van der Waals surface area contributed by atoms with E-state index in [1.54, 1.807) is 19.1 Å². The van der Waals surface area contributed by atoms with E-state index >= 15 is 0 Å². The molecule has 1 aromatic carbocycles. The van der Waals surface area contributed by atoms with Crippen molar-refractivity contribution in [1.82, 2.24) is 10.2 Å². The maximum atomic E-state index is 13.7. The van der Waals surface area contributed by atoms with E-state index in [2.05, 4.69) is 20.8 Å². The van der Waals surface area contributed by atoms with Gasteiger partial charge >= 0.3 is 0 Å². The van der Waals surface area contributed by atoms with Crippen LogP contribution in [0.5, 0.6) is 0 Å². The van der Waals surface area contributed by atoms with E-state index in [1.807, 2.05) is 6.92 Å². The number of nitrogens with zero attached hydrogens (tertiary/aromatic N) is 2. The highest BCUT2D eigenvalue weighted by Gasteiger charge is 2.10. The summed E-state index contributed by atoms with van der Waals surface area (Å²) >= 11 is 2.66. The molecule has 0 spiro atoms. The fourth-order valence-electron chi connectivity index (χ4n) is 1.89. The van der Waals surface area contributed by atoms with Gasteiger partial charge in [0.1, 0.15) is 5.82 Å². The number of carbonyl (C=O) groups is 1. The van der Waals surface area contributed by atoms with Gasteiger partial charge in [0.2, 0.25) is 11.0 Å². The Morgan fingerprint density at radius 1 is 1.40 bits per heavy atom. The summed E-state index contributed by atoms with van der Waals surface area (Å²) in [6, 6.07) is 4.69. The topological polar surface area (TPSA) is 76.1 Å². The molecule has 0 atom stereocenters. The number of halogens is 1. The summed E-state index contributed by atoms with van der Waals surface area (Å²) in [6.45, 7) is 5.94. The molecule has 0 aliphatic rings. The molecule has 1 aromatic heterocycles. The van der Waals surface area contributed by atoms with Gasteiger partial charge in [-0.1, -0.05) is 29.2 Å². The lowest BCUT2D eigenvalue weighted by atomic mass is 10.2. The fraction of sp³-hybridized carbons (Fsp3) is 0.438. The normalized spacial score (nSPS) is 10.7. The van der Waals surface area contributed by atoms with Crippen LogP contribution in [0, 0.1) is 12.7 Å². The van der Waals surface area contributed by atoms with Gasteiger partial charge in [-0.2, -0.15) is 0 Å². The zero-order valence-corrected chi connectivity index (χ0v) is 15.8. The molecule has 9 heteroatoms. The lowest BCUT2D eigenvalue weighted by Crippen LogP contribution is -2.15. The van der Waals surface area contributed by atoms with Gasteiger partial charge < -0.3 is 15.4 Å². The molecular formula is C16H21FN4O2S2. The van der Waals surface area contributed by atoms with Crippen molar-refractivity contribution < 1.29 is 13.9 Å². The summed E-state index contributed by atoms with van der Waals surface area (Å²) < 4.78 is 19.7. The second-order valence-corrected chi connectivity index (χ2v) is 7.37. The quantitative estimate of drug-likeness (QED) is 0.482. The van der Waals surface area contributed by atoms with Crippen LogP contribution in [0.25, 0.3) is 0 Å². The number of benzene rings is 1. The highest BCUT2D eigenvalue weighted by molar-refractivity contribution is 8.01. The van der Waals surface area contributed by atoms with Crippen LogP contribution < -0.4 is 10.6 Å². The Bertz CT molecular complexity index is 697. The second kappa shape index (κ2) is 10.3. The average molecular weight is 385 g/mol. The van der Waals surface area contributed by atoms with Crippen molar-refractivity contribution in [2.24, 2.45) is 0 Å². The van der Waals surface area contributed by atoms with Crippen LogP contribution in [0.15, 0.2) is 22.5 Å². The number of ether oxygens (including phenoxy) is 1. The molecule has 0 radical (unpaired) electrons. The van der Waals surface area contributed by atoms with E-state index < -0.39 is 5.82 Å². The summed E-state index contributed by atoms with van der Waals surface area (Å²) in [5.74, 6) is -0.575. The summed E-state index contributed by atoms with van der Waals surface area (Å²) in [7, 11) is 0. The van der Waals surface area contributed by atoms with Crippen LogP contribution in [-0.2, 0) is 9.53 Å². The van der Waals surface area contributed by atoms with Crippen molar-refractivity contribution in [3.63, 3.8) is 0 Å². The van der Waals surface area contributed by atoms with E-state index in [0.29, 0.717) is 22.7 Å². The number of thioether (sulfide) groups is 1. The zero-order chi connectivity index (χ0) is 18.1. The largest absolute Gasteiger partial charge is 0.382 e.